The highest BCUT2D eigenvalue weighted by atomic mass is 79.9. The Bertz CT molecular complexity index is 1210. The maximum atomic E-state index is 14.1. The molecule has 4 rings (SSSR count). The van der Waals surface area contributed by atoms with Gasteiger partial charge >= 0.3 is 6.18 Å². The van der Waals surface area contributed by atoms with E-state index in [-0.39, 0.29) is 15.3 Å². The minimum atomic E-state index is -4.68. The van der Waals surface area contributed by atoms with Gasteiger partial charge < -0.3 is 10.6 Å². The molecule has 0 bridgehead atoms. The van der Waals surface area contributed by atoms with E-state index < -0.39 is 53.6 Å². The lowest BCUT2D eigenvalue weighted by molar-refractivity contribution is -0.173. The Morgan fingerprint density at radius 2 is 1.85 bits per heavy atom. The standard InChI is InChI=1S/C20H12Br2ClF5N4O/c21-9-3-1-8(2-4-9)13-7-14(20(26,27)28)32-18(29-13)15(23)17(31-32)19(33)30-16-11(22)5-10(24)6-12(16)25/h1-6,13-14,29H,7H2,(H,30,33)/t13-,14+/m1/s1. The van der Waals surface area contributed by atoms with Crippen LogP contribution >= 0.6 is 43.5 Å². The largest absolute Gasteiger partial charge is 0.410 e. The van der Waals surface area contributed by atoms with Gasteiger partial charge in [0.2, 0.25) is 0 Å². The smallest absolute Gasteiger partial charge is 0.362 e. The molecular weight excluding hydrogens is 602 g/mol. The second-order valence-electron chi connectivity index (χ2n) is 7.20. The van der Waals surface area contributed by atoms with E-state index in [1.165, 1.54) is 0 Å². The monoisotopic (exact) mass is 612 g/mol. The zero-order valence-electron chi connectivity index (χ0n) is 16.2. The molecule has 0 fully saturated rings. The van der Waals surface area contributed by atoms with Crippen LogP contribution in [0.5, 0.6) is 0 Å². The van der Waals surface area contributed by atoms with Gasteiger partial charge in [0.05, 0.1) is 11.7 Å². The number of anilines is 2. The first-order valence-corrected chi connectivity index (χ1v) is 11.2. The van der Waals surface area contributed by atoms with Crippen molar-refractivity contribution in [2.45, 2.75) is 24.7 Å². The van der Waals surface area contributed by atoms with E-state index in [2.05, 4.69) is 47.6 Å². The molecule has 2 N–H and O–H groups in total. The third-order valence-corrected chi connectivity index (χ3v) is 6.54. The molecular formula is C20H12Br2ClF5N4O. The fraction of sp³-hybridized carbons (Fsp3) is 0.200. The molecule has 1 aliphatic heterocycles. The Kier molecular flexibility index (Phi) is 6.45. The summed E-state index contributed by atoms with van der Waals surface area (Å²) in [6.07, 6.45) is -5.07. The van der Waals surface area contributed by atoms with Crippen LogP contribution in [0.1, 0.15) is 34.6 Å². The molecule has 0 spiro atoms. The summed E-state index contributed by atoms with van der Waals surface area (Å²) in [5.41, 5.74) is -0.365. The number of hydrogen-bond acceptors (Lipinski definition) is 3. The highest BCUT2D eigenvalue weighted by Gasteiger charge is 2.48. The Morgan fingerprint density at radius 1 is 1.18 bits per heavy atom. The Hall–Kier alpha value is -2.18. The minimum absolute atomic E-state index is 0.102. The number of rotatable bonds is 3. The number of nitrogens with zero attached hydrogens (tertiary/aromatic N) is 2. The third-order valence-electron chi connectivity index (χ3n) is 5.03. The molecule has 0 radical (unpaired) electrons. The van der Waals surface area contributed by atoms with Crippen molar-refractivity contribution in [1.82, 2.24) is 9.78 Å². The van der Waals surface area contributed by atoms with Crippen molar-refractivity contribution >= 4 is 60.9 Å². The zero-order valence-corrected chi connectivity index (χ0v) is 20.1. The molecule has 174 valence electrons. The summed E-state index contributed by atoms with van der Waals surface area (Å²) in [5.74, 6) is -3.22. The molecule has 3 aromatic rings. The van der Waals surface area contributed by atoms with Gasteiger partial charge in [-0.3, -0.25) is 4.79 Å². The topological polar surface area (TPSA) is 59.0 Å². The van der Waals surface area contributed by atoms with Gasteiger partial charge in [0.15, 0.2) is 17.6 Å². The van der Waals surface area contributed by atoms with Gasteiger partial charge in [-0.1, -0.05) is 39.7 Å². The molecule has 0 saturated heterocycles. The van der Waals surface area contributed by atoms with E-state index in [4.69, 9.17) is 11.6 Å². The highest BCUT2D eigenvalue weighted by molar-refractivity contribution is 9.10. The first-order chi connectivity index (χ1) is 15.5. The van der Waals surface area contributed by atoms with E-state index in [1.54, 1.807) is 24.3 Å². The van der Waals surface area contributed by atoms with Crippen LogP contribution in [0.25, 0.3) is 0 Å². The van der Waals surface area contributed by atoms with Crippen LogP contribution in [0.15, 0.2) is 45.3 Å². The second-order valence-corrected chi connectivity index (χ2v) is 9.34. The number of aromatic nitrogens is 2. The van der Waals surface area contributed by atoms with Crippen LogP contribution in [-0.4, -0.2) is 21.9 Å². The summed E-state index contributed by atoms with van der Waals surface area (Å²) < 4.78 is 70.3. The van der Waals surface area contributed by atoms with Gasteiger partial charge in [-0.2, -0.15) is 18.3 Å². The van der Waals surface area contributed by atoms with E-state index >= 15 is 0 Å². The SMILES string of the molecule is O=C(Nc1c(F)cc(F)cc1Br)c1nn2c(c1Cl)N[C@@H](c1ccc(Br)cc1)C[C@H]2C(F)(F)F. The van der Waals surface area contributed by atoms with E-state index in [1.807, 2.05) is 0 Å². The quantitative estimate of drug-likeness (QED) is 0.306. The molecule has 5 nitrogen and oxygen atoms in total. The summed E-state index contributed by atoms with van der Waals surface area (Å²) in [4.78, 5) is 12.7. The molecule has 1 aromatic heterocycles. The molecule has 33 heavy (non-hydrogen) atoms. The molecule has 0 aliphatic carbocycles. The Labute approximate surface area is 205 Å². The Balaban J connectivity index is 1.72. The van der Waals surface area contributed by atoms with Crippen LogP contribution in [0, 0.1) is 11.6 Å². The van der Waals surface area contributed by atoms with Crippen LogP contribution < -0.4 is 10.6 Å². The number of carbonyl (C=O) groups excluding carboxylic acids is 1. The van der Waals surface area contributed by atoms with Crippen molar-refractivity contribution < 1.29 is 26.7 Å². The van der Waals surface area contributed by atoms with Crippen LogP contribution in [0.3, 0.4) is 0 Å². The fourth-order valence-corrected chi connectivity index (χ4v) is 4.52. The average molecular weight is 615 g/mol. The van der Waals surface area contributed by atoms with Gasteiger partial charge in [0.1, 0.15) is 16.7 Å². The van der Waals surface area contributed by atoms with E-state index in [0.717, 1.165) is 10.5 Å². The Morgan fingerprint density at radius 3 is 2.45 bits per heavy atom. The van der Waals surface area contributed by atoms with Gasteiger partial charge in [-0.05, 0) is 39.7 Å². The van der Waals surface area contributed by atoms with Crippen molar-refractivity contribution in [2.24, 2.45) is 0 Å². The van der Waals surface area contributed by atoms with Gasteiger partial charge in [0, 0.05) is 21.4 Å². The van der Waals surface area contributed by atoms with Crippen LogP contribution in [-0.2, 0) is 0 Å². The van der Waals surface area contributed by atoms with Crippen molar-refractivity contribution in [2.75, 3.05) is 10.6 Å². The van der Waals surface area contributed by atoms with Gasteiger partial charge in [-0.25, -0.2) is 13.5 Å². The number of amides is 1. The molecule has 13 heteroatoms. The summed E-state index contributed by atoms with van der Waals surface area (Å²) >= 11 is 12.5. The maximum absolute atomic E-state index is 14.1. The lowest BCUT2D eigenvalue weighted by Crippen LogP contribution is -2.35. The van der Waals surface area contributed by atoms with E-state index in [0.29, 0.717) is 16.3 Å². The molecule has 2 aromatic carbocycles. The highest BCUT2D eigenvalue weighted by Crippen LogP contribution is 2.46. The third kappa shape index (κ3) is 4.73. The number of alkyl halides is 3. The zero-order chi connectivity index (χ0) is 24.1. The van der Waals surface area contributed by atoms with Gasteiger partial charge in [0.25, 0.3) is 5.91 Å². The number of carbonyl (C=O) groups is 1. The number of hydrogen-bond donors (Lipinski definition) is 2. The summed E-state index contributed by atoms with van der Waals surface area (Å²) in [6, 6.07) is 5.37. The number of fused-ring (bicyclic) bond motifs is 1. The molecule has 0 saturated carbocycles. The fourth-order valence-electron chi connectivity index (χ4n) is 3.48. The lowest BCUT2D eigenvalue weighted by atomic mass is 9.97. The number of benzene rings is 2. The van der Waals surface area contributed by atoms with Crippen molar-refractivity contribution in [3.8, 4) is 0 Å². The van der Waals surface area contributed by atoms with Crippen molar-refractivity contribution in [1.29, 1.82) is 0 Å². The molecule has 1 amide bonds. The molecule has 0 unspecified atom stereocenters. The predicted molar refractivity (Wildman–Crippen MR) is 119 cm³/mol. The second kappa shape index (κ2) is 8.88. The van der Waals surface area contributed by atoms with Crippen LogP contribution in [0.2, 0.25) is 5.02 Å². The molecule has 2 atom stereocenters. The van der Waals surface area contributed by atoms with Crippen molar-refractivity contribution in [3.63, 3.8) is 0 Å². The van der Waals surface area contributed by atoms with Crippen LogP contribution in [0.4, 0.5) is 33.5 Å². The maximum Gasteiger partial charge on any atom is 0.410 e. The van der Waals surface area contributed by atoms with E-state index in [9.17, 15) is 26.7 Å². The molecule has 1 aliphatic rings. The normalized spacial score (nSPS) is 17.9. The van der Waals surface area contributed by atoms with Gasteiger partial charge in [-0.15, -0.1) is 0 Å². The summed E-state index contributed by atoms with van der Waals surface area (Å²) in [6.45, 7) is 0. The number of halogens is 8. The first-order valence-electron chi connectivity index (χ1n) is 9.28. The average Bonchev–Trinajstić information content (AvgIpc) is 3.06. The first kappa shape index (κ1) is 24.0. The molecule has 2 heterocycles. The summed E-state index contributed by atoms with van der Waals surface area (Å²) in [5, 5.41) is 8.51. The minimum Gasteiger partial charge on any atom is -0.362 e. The lowest BCUT2D eigenvalue weighted by Gasteiger charge is -2.33. The number of nitrogens with one attached hydrogen (secondary N) is 2. The van der Waals surface area contributed by atoms with Crippen molar-refractivity contribution in [3.05, 3.63) is 73.3 Å². The summed E-state index contributed by atoms with van der Waals surface area (Å²) in [7, 11) is 0. The predicted octanol–water partition coefficient (Wildman–Crippen LogP) is 7.25.